The summed E-state index contributed by atoms with van der Waals surface area (Å²) in [5, 5.41) is 3.22. The highest BCUT2D eigenvalue weighted by Gasteiger charge is 2.27. The van der Waals surface area contributed by atoms with Gasteiger partial charge < -0.3 is 9.30 Å². The number of hydrogen-bond acceptors (Lipinski definition) is 3. The number of nitrogens with one attached hydrogen (secondary N) is 1. The monoisotopic (exact) mass is 191 g/mol. The number of imidazole rings is 1. The highest BCUT2D eigenvalue weighted by Crippen LogP contribution is 2.15. The molecule has 14 heavy (non-hydrogen) atoms. The molecule has 0 amide bonds. The van der Waals surface area contributed by atoms with E-state index < -0.39 is 5.72 Å². The van der Waals surface area contributed by atoms with E-state index in [4.69, 9.17) is 4.74 Å². The van der Waals surface area contributed by atoms with Gasteiger partial charge in [0.1, 0.15) is 0 Å². The fourth-order valence-corrected chi connectivity index (χ4v) is 1.38. The van der Waals surface area contributed by atoms with Crippen molar-refractivity contribution in [3.63, 3.8) is 0 Å². The Morgan fingerprint density at radius 3 is 3.14 bits per heavy atom. The molecule has 74 valence electrons. The van der Waals surface area contributed by atoms with E-state index in [1.807, 2.05) is 23.0 Å². The fraction of sp³-hybridized carbons (Fsp3) is 0.300. The lowest BCUT2D eigenvalue weighted by Gasteiger charge is -2.19. The van der Waals surface area contributed by atoms with Gasteiger partial charge in [-0.05, 0) is 12.2 Å². The molecule has 1 aliphatic rings. The van der Waals surface area contributed by atoms with E-state index in [9.17, 15) is 0 Å². The molecule has 1 aromatic heterocycles. The van der Waals surface area contributed by atoms with Gasteiger partial charge in [-0.25, -0.2) is 4.98 Å². The Labute approximate surface area is 82.9 Å². The quantitative estimate of drug-likeness (QED) is 0.720. The summed E-state index contributed by atoms with van der Waals surface area (Å²) in [4.78, 5) is 3.94. The van der Waals surface area contributed by atoms with Crippen molar-refractivity contribution >= 4 is 6.20 Å². The van der Waals surface area contributed by atoms with E-state index in [1.165, 1.54) is 0 Å². The summed E-state index contributed by atoms with van der Waals surface area (Å²) in [6.07, 6.45) is 10.9. The van der Waals surface area contributed by atoms with Crippen LogP contribution in [0, 0.1) is 0 Å². The topological polar surface area (TPSA) is 39.1 Å². The molecule has 1 unspecified atom stereocenters. The summed E-state index contributed by atoms with van der Waals surface area (Å²) in [6, 6.07) is 0. The number of rotatable bonds is 3. The minimum Gasteiger partial charge on any atom is -0.352 e. The molecule has 2 rings (SSSR count). The predicted molar refractivity (Wildman–Crippen MR) is 54.4 cm³/mol. The lowest BCUT2D eigenvalue weighted by Crippen LogP contribution is -2.36. The molecule has 1 atom stereocenters. The van der Waals surface area contributed by atoms with Gasteiger partial charge >= 0.3 is 0 Å². The minimum absolute atomic E-state index is 0.510. The Hall–Kier alpha value is -1.39. The van der Waals surface area contributed by atoms with Crippen LogP contribution in [0.15, 0.2) is 37.5 Å². The third kappa shape index (κ3) is 1.76. The molecule has 0 radical (unpaired) electrons. The van der Waals surface area contributed by atoms with Crippen LogP contribution in [0.5, 0.6) is 0 Å². The lowest BCUT2D eigenvalue weighted by atomic mass is 10.2. The summed E-state index contributed by atoms with van der Waals surface area (Å²) >= 11 is 0. The number of nitrogens with zero attached hydrogens (tertiary/aromatic N) is 2. The van der Waals surface area contributed by atoms with E-state index in [0.717, 1.165) is 6.54 Å². The van der Waals surface area contributed by atoms with Crippen LogP contribution in [0.2, 0.25) is 0 Å². The fourth-order valence-electron chi connectivity index (χ4n) is 1.38. The van der Waals surface area contributed by atoms with Gasteiger partial charge in [-0.3, -0.25) is 5.32 Å². The molecule has 0 spiro atoms. The minimum atomic E-state index is -0.510. The molecule has 0 aliphatic carbocycles. The molecular weight excluding hydrogens is 178 g/mol. The molecule has 1 aliphatic heterocycles. The van der Waals surface area contributed by atoms with Crippen molar-refractivity contribution < 1.29 is 4.74 Å². The van der Waals surface area contributed by atoms with Crippen molar-refractivity contribution in [2.75, 3.05) is 13.2 Å². The number of ether oxygens (including phenoxy) is 1. The van der Waals surface area contributed by atoms with Crippen molar-refractivity contribution in [1.29, 1.82) is 0 Å². The molecule has 0 bridgehead atoms. The number of aromatic nitrogens is 2. The van der Waals surface area contributed by atoms with Crippen LogP contribution in [0.3, 0.4) is 0 Å². The van der Waals surface area contributed by atoms with Crippen molar-refractivity contribution in [3.05, 3.63) is 37.5 Å². The lowest BCUT2D eigenvalue weighted by molar-refractivity contribution is 0.0746. The van der Waals surface area contributed by atoms with Crippen LogP contribution in [-0.2, 0) is 4.74 Å². The molecule has 0 aromatic carbocycles. The van der Waals surface area contributed by atoms with Gasteiger partial charge in [-0.2, -0.15) is 0 Å². The van der Waals surface area contributed by atoms with Crippen molar-refractivity contribution in [2.45, 2.75) is 5.72 Å². The summed E-state index contributed by atoms with van der Waals surface area (Å²) in [6.45, 7) is 5.31. The van der Waals surface area contributed by atoms with Gasteiger partial charge in [0, 0.05) is 25.1 Å². The first-order chi connectivity index (χ1) is 6.85. The highest BCUT2D eigenvalue weighted by molar-refractivity contribution is 5.29. The van der Waals surface area contributed by atoms with Crippen LogP contribution in [0.25, 0.3) is 6.20 Å². The van der Waals surface area contributed by atoms with Gasteiger partial charge in [-0.15, -0.1) is 0 Å². The van der Waals surface area contributed by atoms with Gasteiger partial charge in [0.05, 0.1) is 12.9 Å². The second kappa shape index (κ2) is 3.77. The maximum absolute atomic E-state index is 5.54. The Kier molecular flexibility index (Phi) is 2.47. The first-order valence-electron chi connectivity index (χ1n) is 4.54. The SMILES string of the molecule is C=CC1(C=Cn2ccnc2)NCCO1. The Balaban J connectivity index is 2.11. The zero-order chi connectivity index (χ0) is 9.86. The van der Waals surface area contributed by atoms with Crippen molar-refractivity contribution in [1.82, 2.24) is 14.9 Å². The first-order valence-corrected chi connectivity index (χ1v) is 4.54. The molecular formula is C10H13N3O. The summed E-state index contributed by atoms with van der Waals surface area (Å²) in [5.74, 6) is 0. The van der Waals surface area contributed by atoms with Crippen LogP contribution in [0.1, 0.15) is 0 Å². The van der Waals surface area contributed by atoms with Gasteiger partial charge in [0.25, 0.3) is 0 Å². The summed E-state index contributed by atoms with van der Waals surface area (Å²) in [7, 11) is 0. The third-order valence-electron chi connectivity index (χ3n) is 2.17. The van der Waals surface area contributed by atoms with Crippen LogP contribution in [0.4, 0.5) is 0 Å². The van der Waals surface area contributed by atoms with E-state index in [-0.39, 0.29) is 0 Å². The molecule has 4 nitrogen and oxygen atoms in total. The zero-order valence-corrected chi connectivity index (χ0v) is 7.89. The molecule has 4 heteroatoms. The molecule has 2 heterocycles. The smallest absolute Gasteiger partial charge is 0.159 e. The molecule has 1 saturated heterocycles. The molecule has 1 aromatic rings. The number of hydrogen-bond donors (Lipinski definition) is 1. The third-order valence-corrected chi connectivity index (χ3v) is 2.17. The van der Waals surface area contributed by atoms with Gasteiger partial charge in [0.15, 0.2) is 5.72 Å². The standard InChI is InChI=1S/C10H13N3O/c1-2-10(12-5-8-14-10)3-6-13-7-4-11-9-13/h2-4,6-7,9,12H,1,5,8H2. The predicted octanol–water partition coefficient (Wildman–Crippen LogP) is 0.856. The Morgan fingerprint density at radius 2 is 2.57 bits per heavy atom. The maximum atomic E-state index is 5.54. The average molecular weight is 191 g/mol. The average Bonchev–Trinajstić information content (AvgIpc) is 2.87. The maximum Gasteiger partial charge on any atom is 0.159 e. The van der Waals surface area contributed by atoms with Crippen molar-refractivity contribution in [2.24, 2.45) is 0 Å². The second-order valence-corrected chi connectivity index (χ2v) is 3.10. The second-order valence-electron chi connectivity index (χ2n) is 3.10. The summed E-state index contributed by atoms with van der Waals surface area (Å²) < 4.78 is 7.39. The van der Waals surface area contributed by atoms with E-state index in [1.54, 1.807) is 18.6 Å². The van der Waals surface area contributed by atoms with Gasteiger partial charge in [0.2, 0.25) is 0 Å². The normalized spacial score (nSPS) is 27.1. The van der Waals surface area contributed by atoms with Gasteiger partial charge in [-0.1, -0.05) is 6.58 Å². The molecule has 1 fully saturated rings. The summed E-state index contributed by atoms with van der Waals surface area (Å²) in [5.41, 5.74) is -0.510. The largest absolute Gasteiger partial charge is 0.352 e. The molecule has 0 saturated carbocycles. The van der Waals surface area contributed by atoms with E-state index in [2.05, 4.69) is 16.9 Å². The Bertz CT molecular complexity index is 323. The highest BCUT2D eigenvalue weighted by atomic mass is 16.5. The van der Waals surface area contributed by atoms with Crippen LogP contribution >= 0.6 is 0 Å². The van der Waals surface area contributed by atoms with Crippen LogP contribution in [-0.4, -0.2) is 28.4 Å². The Morgan fingerprint density at radius 1 is 1.64 bits per heavy atom. The molecule has 1 N–H and O–H groups in total. The van der Waals surface area contributed by atoms with Crippen molar-refractivity contribution in [3.8, 4) is 0 Å². The van der Waals surface area contributed by atoms with E-state index in [0.29, 0.717) is 6.61 Å². The first kappa shape index (κ1) is 9.18. The van der Waals surface area contributed by atoms with E-state index >= 15 is 0 Å². The zero-order valence-electron chi connectivity index (χ0n) is 7.89. The van der Waals surface area contributed by atoms with Crippen LogP contribution < -0.4 is 5.32 Å².